The van der Waals surface area contributed by atoms with Gasteiger partial charge in [0, 0.05) is 18.1 Å². The lowest BCUT2D eigenvalue weighted by Gasteiger charge is -2.08. The highest BCUT2D eigenvalue weighted by molar-refractivity contribution is 7.07. The number of benzene rings is 2. The molecule has 0 unspecified atom stereocenters. The Labute approximate surface area is 165 Å². The van der Waals surface area contributed by atoms with E-state index < -0.39 is 5.82 Å². The van der Waals surface area contributed by atoms with Gasteiger partial charge in [-0.2, -0.15) is 0 Å². The van der Waals surface area contributed by atoms with E-state index in [1.807, 2.05) is 12.3 Å². The number of halogens is 3. The minimum Gasteiger partial charge on any atom is -0.323 e. The number of hydrogen-bond acceptors (Lipinski definition) is 3. The second kappa shape index (κ2) is 8.92. The number of amides is 1. The number of carbonyl (C=O) groups excluding carboxylic acids is 1. The lowest BCUT2D eigenvalue weighted by molar-refractivity contribution is -0.115. The third-order valence-corrected chi connectivity index (χ3v) is 4.75. The van der Waals surface area contributed by atoms with Crippen molar-refractivity contribution in [2.45, 2.75) is 13.3 Å². The molecule has 1 aromatic heterocycles. The molecule has 142 valence electrons. The van der Waals surface area contributed by atoms with E-state index in [1.54, 1.807) is 35.9 Å². The molecule has 4 nitrogen and oxygen atoms in total. The van der Waals surface area contributed by atoms with Crippen LogP contribution in [0, 0.1) is 18.6 Å². The molecule has 0 spiro atoms. The average Bonchev–Trinajstić information content (AvgIpc) is 2.91. The molecule has 0 saturated heterocycles. The van der Waals surface area contributed by atoms with Gasteiger partial charge in [0.1, 0.15) is 11.6 Å². The van der Waals surface area contributed by atoms with Crippen LogP contribution in [0.25, 0.3) is 0 Å². The molecule has 1 heterocycles. The Hall–Kier alpha value is -2.51. The summed E-state index contributed by atoms with van der Waals surface area (Å²) >= 11 is 1.35. The van der Waals surface area contributed by atoms with Crippen LogP contribution < -0.4 is 10.1 Å². The van der Waals surface area contributed by atoms with Gasteiger partial charge in [0.2, 0.25) is 5.91 Å². The predicted octanol–water partition coefficient (Wildman–Crippen LogP) is 4.51. The summed E-state index contributed by atoms with van der Waals surface area (Å²) in [6.45, 7) is 1.83. The summed E-state index contributed by atoms with van der Waals surface area (Å²) in [5.41, 5.74) is 2.26. The highest BCUT2D eigenvalue weighted by Gasteiger charge is 2.11. The zero-order valence-electron chi connectivity index (χ0n) is 14.7. The van der Waals surface area contributed by atoms with Gasteiger partial charge in [-0.25, -0.2) is 13.8 Å². The summed E-state index contributed by atoms with van der Waals surface area (Å²) in [5.74, 6) is -1.15. The molecule has 3 rings (SSSR count). The minimum absolute atomic E-state index is 0. The Morgan fingerprint density at radius 1 is 1.22 bits per heavy atom. The molecule has 27 heavy (non-hydrogen) atoms. The normalized spacial score (nSPS) is 11.2. The highest BCUT2D eigenvalue weighted by atomic mass is 35.5. The molecule has 0 bridgehead atoms. The van der Waals surface area contributed by atoms with E-state index >= 15 is 0 Å². The zero-order valence-corrected chi connectivity index (χ0v) is 16.3. The van der Waals surface area contributed by atoms with Crippen LogP contribution in [-0.2, 0) is 18.3 Å². The lowest BCUT2D eigenvalue weighted by Crippen LogP contribution is -2.20. The van der Waals surface area contributed by atoms with Gasteiger partial charge in [-0.05, 0) is 42.8 Å². The molecular formula is C19H18ClF2N3OS. The maximum Gasteiger partial charge on any atom is 0.230 e. The van der Waals surface area contributed by atoms with Crippen LogP contribution in [0.15, 0.2) is 52.8 Å². The summed E-state index contributed by atoms with van der Waals surface area (Å²) in [6.07, 6.45) is 0.0824. The van der Waals surface area contributed by atoms with Crippen LogP contribution in [0.5, 0.6) is 0 Å². The second-order valence-corrected chi connectivity index (χ2v) is 6.71. The number of thiazole rings is 1. The van der Waals surface area contributed by atoms with E-state index in [2.05, 4.69) is 10.3 Å². The Bertz CT molecular complexity index is 1030. The van der Waals surface area contributed by atoms with Gasteiger partial charge in [0.25, 0.3) is 0 Å². The monoisotopic (exact) mass is 409 g/mol. The predicted molar refractivity (Wildman–Crippen MR) is 106 cm³/mol. The fourth-order valence-corrected chi connectivity index (χ4v) is 3.33. The third kappa shape index (κ3) is 5.24. The van der Waals surface area contributed by atoms with Crippen LogP contribution >= 0.6 is 23.7 Å². The number of rotatable bonds is 4. The topological polar surface area (TPSA) is 46.4 Å². The molecule has 2 aromatic carbocycles. The molecule has 8 heteroatoms. The molecule has 0 atom stereocenters. The summed E-state index contributed by atoms with van der Waals surface area (Å²) < 4.78 is 28.8. The summed E-state index contributed by atoms with van der Waals surface area (Å²) in [7, 11) is 1.78. The maximum absolute atomic E-state index is 13.8. The Balaban J connectivity index is 0.00000261. The molecule has 0 aliphatic rings. The maximum atomic E-state index is 13.8. The average molecular weight is 410 g/mol. The van der Waals surface area contributed by atoms with Crippen molar-refractivity contribution in [1.82, 2.24) is 4.57 Å². The minimum atomic E-state index is -0.472. The molecule has 3 aromatic rings. The Morgan fingerprint density at radius 3 is 2.74 bits per heavy atom. The van der Waals surface area contributed by atoms with Crippen molar-refractivity contribution in [2.24, 2.45) is 12.0 Å². The van der Waals surface area contributed by atoms with Crippen molar-refractivity contribution < 1.29 is 13.6 Å². The first-order valence-electron chi connectivity index (χ1n) is 7.92. The van der Waals surface area contributed by atoms with Crippen molar-refractivity contribution in [3.8, 4) is 0 Å². The number of anilines is 1. The van der Waals surface area contributed by atoms with Crippen molar-refractivity contribution >= 4 is 41.0 Å². The standard InChI is InChI=1S/C19H17F2N3OS.ClH/c1-12-6-7-16(21)17(8-12)23-18(25)10-15-11-26-19(24(15)2)22-14-5-3-4-13(20)9-14;/h3-9,11H,10H2,1-2H3,(H,23,25);1H. The van der Waals surface area contributed by atoms with Gasteiger partial charge in [0.05, 0.1) is 17.8 Å². The largest absolute Gasteiger partial charge is 0.323 e. The number of nitrogens with zero attached hydrogens (tertiary/aromatic N) is 2. The van der Waals surface area contributed by atoms with Gasteiger partial charge < -0.3 is 9.88 Å². The van der Waals surface area contributed by atoms with Gasteiger partial charge in [-0.15, -0.1) is 23.7 Å². The molecule has 0 saturated carbocycles. The fourth-order valence-electron chi connectivity index (χ4n) is 2.41. The van der Waals surface area contributed by atoms with Crippen LogP contribution in [0.3, 0.4) is 0 Å². The Morgan fingerprint density at radius 2 is 2.00 bits per heavy atom. The first-order valence-corrected chi connectivity index (χ1v) is 8.80. The fraction of sp³-hybridized carbons (Fsp3) is 0.158. The first kappa shape index (κ1) is 20.8. The van der Waals surface area contributed by atoms with E-state index in [-0.39, 0.29) is 36.2 Å². The van der Waals surface area contributed by atoms with Crippen molar-refractivity contribution in [1.29, 1.82) is 0 Å². The van der Waals surface area contributed by atoms with E-state index in [4.69, 9.17) is 0 Å². The smallest absolute Gasteiger partial charge is 0.230 e. The van der Waals surface area contributed by atoms with Crippen LogP contribution in [0.2, 0.25) is 0 Å². The lowest BCUT2D eigenvalue weighted by atomic mass is 10.2. The zero-order chi connectivity index (χ0) is 18.7. The molecule has 1 amide bonds. The molecule has 0 aliphatic carbocycles. The first-order chi connectivity index (χ1) is 12.4. The molecule has 0 radical (unpaired) electrons. The second-order valence-electron chi connectivity index (χ2n) is 5.87. The van der Waals surface area contributed by atoms with Crippen LogP contribution in [-0.4, -0.2) is 10.5 Å². The van der Waals surface area contributed by atoms with E-state index in [9.17, 15) is 13.6 Å². The summed E-state index contributed by atoms with van der Waals surface area (Å²) in [6, 6.07) is 10.5. The number of aromatic nitrogens is 1. The summed E-state index contributed by atoms with van der Waals surface area (Å²) in [5, 5.41) is 4.40. The van der Waals surface area contributed by atoms with Crippen LogP contribution in [0.4, 0.5) is 20.2 Å². The van der Waals surface area contributed by atoms with E-state index in [0.717, 1.165) is 11.3 Å². The molecular weight excluding hydrogens is 392 g/mol. The number of carbonyl (C=O) groups is 1. The van der Waals surface area contributed by atoms with E-state index in [1.165, 1.54) is 29.5 Å². The van der Waals surface area contributed by atoms with E-state index in [0.29, 0.717) is 10.5 Å². The molecule has 0 aliphatic heterocycles. The quantitative estimate of drug-likeness (QED) is 0.677. The van der Waals surface area contributed by atoms with Crippen molar-refractivity contribution in [3.63, 3.8) is 0 Å². The molecule has 1 N–H and O–H groups in total. The van der Waals surface area contributed by atoms with Gasteiger partial charge >= 0.3 is 0 Å². The highest BCUT2D eigenvalue weighted by Crippen LogP contribution is 2.16. The van der Waals surface area contributed by atoms with Gasteiger partial charge in [-0.3, -0.25) is 4.79 Å². The summed E-state index contributed by atoms with van der Waals surface area (Å²) in [4.78, 5) is 17.3. The van der Waals surface area contributed by atoms with Crippen LogP contribution in [0.1, 0.15) is 11.3 Å². The van der Waals surface area contributed by atoms with Crippen molar-refractivity contribution in [2.75, 3.05) is 5.32 Å². The number of nitrogens with one attached hydrogen (secondary N) is 1. The SMILES string of the molecule is Cc1ccc(F)c(NC(=O)Cc2csc(=Nc3cccc(F)c3)n2C)c1.Cl. The van der Waals surface area contributed by atoms with Gasteiger partial charge in [-0.1, -0.05) is 12.1 Å². The Kier molecular flexibility index (Phi) is 6.87. The third-order valence-electron chi connectivity index (χ3n) is 3.79. The van der Waals surface area contributed by atoms with Gasteiger partial charge in [0.15, 0.2) is 4.80 Å². The number of aryl methyl sites for hydroxylation is 1. The number of hydrogen-bond donors (Lipinski definition) is 1. The van der Waals surface area contributed by atoms with Crippen molar-refractivity contribution in [3.05, 3.63) is 75.5 Å². The molecule has 0 fully saturated rings.